The fraction of sp³-hybridized carbons (Fsp3) is 0.974. The van der Waals surface area contributed by atoms with Crippen LogP contribution in [0, 0.1) is 45.3 Å². The number of hydrogen-bond acceptors (Lipinski definition) is 7. The third kappa shape index (κ3) is 4.65. The van der Waals surface area contributed by atoms with E-state index in [0.717, 1.165) is 64.1 Å². The van der Waals surface area contributed by atoms with E-state index in [0.29, 0.717) is 40.7 Å². The summed E-state index contributed by atoms with van der Waals surface area (Å²) in [6.45, 7) is 18.9. The Bertz CT molecular complexity index is 1180. The molecule has 8 fully saturated rings. The molecule has 3 saturated heterocycles. The lowest BCUT2D eigenvalue weighted by atomic mass is 9.46. The summed E-state index contributed by atoms with van der Waals surface area (Å²) in [5.41, 5.74) is 0.349. The van der Waals surface area contributed by atoms with Crippen LogP contribution < -0.4 is 0 Å². The second-order valence-electron chi connectivity index (χ2n) is 18.4. The normalized spacial score (nSPS) is 47.4. The fourth-order valence-corrected chi connectivity index (χ4v) is 13.5. The molecule has 0 aromatic carbocycles. The number of nitrogens with zero attached hydrogens (tertiary/aromatic N) is 2. The Morgan fingerprint density at radius 2 is 1.70 bits per heavy atom. The van der Waals surface area contributed by atoms with Crippen LogP contribution in [0.25, 0.3) is 0 Å². The number of carbonyl (C=O) groups excluding carboxylic acids is 1. The molecule has 0 bridgehead atoms. The minimum Gasteiger partial charge on any atom is -0.446 e. The number of ether oxygens (including phenoxy) is 4. The number of fused-ring (bicyclic) bond motifs is 4. The zero-order chi connectivity index (χ0) is 32.3. The molecule has 5 aliphatic carbocycles. The van der Waals surface area contributed by atoms with Gasteiger partial charge in [0, 0.05) is 39.6 Å². The Balaban J connectivity index is 0.00000351. The quantitative estimate of drug-likeness (QED) is 0.372. The van der Waals surface area contributed by atoms with Gasteiger partial charge in [-0.1, -0.05) is 20.8 Å². The van der Waals surface area contributed by atoms with E-state index in [4.69, 9.17) is 18.9 Å². The van der Waals surface area contributed by atoms with Gasteiger partial charge in [0.05, 0.1) is 37.1 Å². The second kappa shape index (κ2) is 11.0. The van der Waals surface area contributed by atoms with Crippen molar-refractivity contribution >= 4 is 6.09 Å². The van der Waals surface area contributed by atoms with Crippen molar-refractivity contribution in [1.29, 1.82) is 0 Å². The van der Waals surface area contributed by atoms with E-state index in [1.54, 1.807) is 0 Å². The second-order valence-corrected chi connectivity index (χ2v) is 18.4. The molecule has 0 radical (unpaired) electrons. The molecule has 5 saturated carbocycles. The molecule has 3 aliphatic heterocycles. The lowest BCUT2D eigenvalue weighted by molar-refractivity contribution is -0.193. The van der Waals surface area contributed by atoms with Gasteiger partial charge < -0.3 is 29.0 Å². The van der Waals surface area contributed by atoms with E-state index in [1.165, 1.54) is 51.4 Å². The van der Waals surface area contributed by atoms with Gasteiger partial charge >= 0.3 is 6.09 Å². The van der Waals surface area contributed by atoms with E-state index in [2.05, 4.69) is 25.7 Å². The zero-order valence-corrected chi connectivity index (χ0v) is 29.6. The standard InChI is InChI=1S/C38H62N2O6.H2/c1-7-44-32(35(4,5)42)28-10-8-26-29(45-28)20-27-25-9-11-30-34(2,3)31(12-13-38(30)23-37(25,38)15-14-36(26,27)6)46-33(41)40-18-16-39(17-19-40)24-21-43-22-24;/h24-32,42H,7-23H2,1-6H3;1H/t25?,26?,27?,28?,29?,30?,31-,32-,36?,37-,38?;/m0./s1. The smallest absolute Gasteiger partial charge is 0.410 e. The third-order valence-corrected chi connectivity index (χ3v) is 15.9. The number of carbonyl (C=O) groups is 1. The molecule has 8 unspecified atom stereocenters. The highest BCUT2D eigenvalue weighted by Gasteiger charge is 2.81. The van der Waals surface area contributed by atoms with Crippen LogP contribution in [0.15, 0.2) is 0 Å². The molecule has 262 valence electrons. The Morgan fingerprint density at radius 3 is 2.37 bits per heavy atom. The third-order valence-electron chi connectivity index (χ3n) is 15.9. The largest absolute Gasteiger partial charge is 0.446 e. The Labute approximate surface area is 279 Å². The molecule has 8 aliphatic rings. The molecule has 8 rings (SSSR count). The monoisotopic (exact) mass is 644 g/mol. The summed E-state index contributed by atoms with van der Waals surface area (Å²) in [6.07, 6.45) is 12.2. The van der Waals surface area contributed by atoms with Crippen molar-refractivity contribution in [2.45, 2.75) is 142 Å². The van der Waals surface area contributed by atoms with E-state index >= 15 is 0 Å². The van der Waals surface area contributed by atoms with Gasteiger partial charge in [0.2, 0.25) is 0 Å². The number of amides is 1. The van der Waals surface area contributed by atoms with Crippen LogP contribution in [0.3, 0.4) is 0 Å². The number of aliphatic hydroxyl groups is 1. The Kier molecular flexibility index (Phi) is 7.75. The maximum absolute atomic E-state index is 13.5. The summed E-state index contributed by atoms with van der Waals surface area (Å²) in [5, 5.41) is 10.9. The minimum atomic E-state index is -0.911. The first-order valence-corrected chi connectivity index (χ1v) is 19.1. The first-order chi connectivity index (χ1) is 21.8. The van der Waals surface area contributed by atoms with E-state index < -0.39 is 5.60 Å². The van der Waals surface area contributed by atoms with Gasteiger partial charge in [0.1, 0.15) is 12.2 Å². The highest BCUT2D eigenvalue weighted by molar-refractivity contribution is 5.68. The van der Waals surface area contributed by atoms with Crippen LogP contribution >= 0.6 is 0 Å². The van der Waals surface area contributed by atoms with Crippen molar-refractivity contribution in [2.24, 2.45) is 45.3 Å². The van der Waals surface area contributed by atoms with Crippen LogP contribution in [0.4, 0.5) is 4.79 Å². The van der Waals surface area contributed by atoms with Crippen LogP contribution in [0.5, 0.6) is 0 Å². The van der Waals surface area contributed by atoms with Crippen LogP contribution in [0.2, 0.25) is 0 Å². The zero-order valence-electron chi connectivity index (χ0n) is 29.6. The van der Waals surface area contributed by atoms with Gasteiger partial charge in [-0.2, -0.15) is 0 Å². The number of rotatable bonds is 6. The van der Waals surface area contributed by atoms with Crippen molar-refractivity contribution in [3.63, 3.8) is 0 Å². The SMILES string of the molecule is CCO[C@@H](C1CCC2C(CC3C4CCC5C(C)(C)[C@@H](OC(=O)N6CCN(C7COC7)CC6)CCC56C[C@@]46CCC23C)O1)C(C)(C)O.[HH]. The lowest BCUT2D eigenvalue weighted by Gasteiger charge is -2.59. The summed E-state index contributed by atoms with van der Waals surface area (Å²) in [5.74, 6) is 2.77. The van der Waals surface area contributed by atoms with Crippen molar-refractivity contribution in [3.8, 4) is 0 Å². The first-order valence-electron chi connectivity index (χ1n) is 19.1. The van der Waals surface area contributed by atoms with E-state index in [1.807, 2.05) is 25.7 Å². The highest BCUT2D eigenvalue weighted by atomic mass is 16.6. The van der Waals surface area contributed by atoms with Gasteiger partial charge in [-0.25, -0.2) is 4.79 Å². The molecule has 8 heteroatoms. The summed E-state index contributed by atoms with van der Waals surface area (Å²) in [6, 6.07) is 0.537. The van der Waals surface area contributed by atoms with Crippen LogP contribution in [-0.4, -0.2) is 103 Å². The molecule has 46 heavy (non-hydrogen) atoms. The fourth-order valence-electron chi connectivity index (χ4n) is 13.5. The lowest BCUT2D eigenvalue weighted by Crippen LogP contribution is -2.58. The molecule has 0 aromatic rings. The Morgan fingerprint density at radius 1 is 0.957 bits per heavy atom. The first kappa shape index (κ1) is 32.3. The average molecular weight is 645 g/mol. The number of piperazine rings is 1. The van der Waals surface area contributed by atoms with Crippen LogP contribution in [0.1, 0.15) is 107 Å². The average Bonchev–Trinajstić information content (AvgIpc) is 3.56. The molecule has 8 nitrogen and oxygen atoms in total. The van der Waals surface area contributed by atoms with Gasteiger partial charge in [0.15, 0.2) is 0 Å². The molecular weight excluding hydrogens is 580 g/mol. The molecule has 1 N–H and O–H groups in total. The van der Waals surface area contributed by atoms with E-state index in [-0.39, 0.29) is 37.4 Å². The predicted molar refractivity (Wildman–Crippen MR) is 177 cm³/mol. The summed E-state index contributed by atoms with van der Waals surface area (Å²) in [7, 11) is 0. The van der Waals surface area contributed by atoms with Crippen molar-refractivity contribution in [3.05, 3.63) is 0 Å². The molecule has 2 spiro atoms. The summed E-state index contributed by atoms with van der Waals surface area (Å²) >= 11 is 0. The topological polar surface area (TPSA) is 80.7 Å². The molecule has 3 heterocycles. The van der Waals surface area contributed by atoms with Crippen molar-refractivity contribution in [2.75, 3.05) is 46.0 Å². The minimum absolute atomic E-state index is 0. The molecule has 11 atom stereocenters. The highest BCUT2D eigenvalue weighted by Crippen LogP contribution is 2.87. The predicted octanol–water partition coefficient (Wildman–Crippen LogP) is 6.14. The summed E-state index contributed by atoms with van der Waals surface area (Å²) < 4.78 is 24.9. The van der Waals surface area contributed by atoms with Crippen molar-refractivity contribution in [1.82, 2.24) is 9.80 Å². The van der Waals surface area contributed by atoms with Crippen LogP contribution in [-0.2, 0) is 18.9 Å². The maximum Gasteiger partial charge on any atom is 0.410 e. The molecule has 0 aromatic heterocycles. The van der Waals surface area contributed by atoms with Gasteiger partial charge in [-0.05, 0) is 125 Å². The maximum atomic E-state index is 13.5. The van der Waals surface area contributed by atoms with Gasteiger partial charge in [0.25, 0.3) is 0 Å². The molecular formula is C38H64N2O6. The van der Waals surface area contributed by atoms with Crippen molar-refractivity contribution < 1.29 is 30.3 Å². The molecule has 1 amide bonds. The van der Waals surface area contributed by atoms with Gasteiger partial charge in [-0.15, -0.1) is 0 Å². The van der Waals surface area contributed by atoms with E-state index in [9.17, 15) is 9.90 Å². The summed E-state index contributed by atoms with van der Waals surface area (Å²) in [4.78, 5) is 17.9. The Hall–Kier alpha value is -0.930. The van der Waals surface area contributed by atoms with Gasteiger partial charge in [-0.3, -0.25) is 4.90 Å². The number of hydrogen-bond donors (Lipinski definition) is 1.